The first-order valence-electron chi connectivity index (χ1n) is 5.43. The zero-order valence-electron chi connectivity index (χ0n) is 10.5. The van der Waals surface area contributed by atoms with Gasteiger partial charge in [0.1, 0.15) is 0 Å². The monoisotopic (exact) mass is 283 g/mol. The van der Waals surface area contributed by atoms with Crippen molar-refractivity contribution in [3.63, 3.8) is 0 Å². The van der Waals surface area contributed by atoms with Gasteiger partial charge in [0.05, 0.1) is 12.9 Å². The van der Waals surface area contributed by atoms with Gasteiger partial charge in [0, 0.05) is 24.2 Å². The first-order valence-corrected chi connectivity index (χ1v) is 7.25. The highest BCUT2D eigenvalue weighted by atomic mass is 32.2. The first kappa shape index (κ1) is 13.6. The number of aromatic amines is 1. The molecule has 0 unspecified atom stereocenters. The molecule has 1 heterocycles. The van der Waals surface area contributed by atoms with Crippen molar-refractivity contribution in [2.45, 2.75) is 6.61 Å². The predicted molar refractivity (Wildman–Crippen MR) is 70.8 cm³/mol. The summed E-state index contributed by atoms with van der Waals surface area (Å²) in [6, 6.07) is 5.12. The van der Waals surface area contributed by atoms with Crippen molar-refractivity contribution in [3.8, 4) is 5.75 Å². The summed E-state index contributed by atoms with van der Waals surface area (Å²) in [5.74, 6) is -0.241. The Morgan fingerprint density at radius 3 is 2.68 bits per heavy atom. The normalized spacial score (nSPS) is 11.7. The quantitative estimate of drug-likeness (QED) is 0.846. The summed E-state index contributed by atoms with van der Waals surface area (Å²) in [6.07, 6.45) is 2.13. The van der Waals surface area contributed by atoms with Gasteiger partial charge in [0.15, 0.2) is 0 Å². The predicted octanol–water partition coefficient (Wildman–Crippen LogP) is 1.01. The van der Waals surface area contributed by atoms with Crippen molar-refractivity contribution in [3.05, 3.63) is 40.2 Å². The molecule has 0 saturated heterocycles. The second-order valence-corrected chi connectivity index (χ2v) is 5.66. The summed E-state index contributed by atoms with van der Waals surface area (Å²) >= 11 is 0. The van der Waals surface area contributed by atoms with E-state index < -0.39 is 15.5 Å². The Labute approximate surface area is 110 Å². The summed E-state index contributed by atoms with van der Waals surface area (Å²) in [5, 5.41) is 0.362. The molecule has 0 atom stereocenters. The molecule has 6 nitrogen and oxygen atoms in total. The molecule has 0 fully saturated rings. The summed E-state index contributed by atoms with van der Waals surface area (Å²) < 4.78 is 31.7. The minimum Gasteiger partial charge on any atom is -0.380 e. The lowest BCUT2D eigenvalue weighted by atomic mass is 10.1. The van der Waals surface area contributed by atoms with E-state index in [9.17, 15) is 13.2 Å². The van der Waals surface area contributed by atoms with Crippen LogP contribution in [-0.4, -0.2) is 26.8 Å². The minimum atomic E-state index is -3.73. The molecule has 19 heavy (non-hydrogen) atoms. The van der Waals surface area contributed by atoms with Gasteiger partial charge in [-0.05, 0) is 17.7 Å². The van der Waals surface area contributed by atoms with Crippen molar-refractivity contribution in [1.82, 2.24) is 4.98 Å². The van der Waals surface area contributed by atoms with Gasteiger partial charge in [-0.3, -0.25) is 4.79 Å². The summed E-state index contributed by atoms with van der Waals surface area (Å²) in [6.45, 7) is 0.430. The van der Waals surface area contributed by atoms with E-state index >= 15 is 0 Å². The van der Waals surface area contributed by atoms with Gasteiger partial charge in [-0.2, -0.15) is 8.42 Å². The highest BCUT2D eigenvalue weighted by Crippen LogP contribution is 2.15. The third-order valence-corrected chi connectivity index (χ3v) is 2.95. The average Bonchev–Trinajstić information content (AvgIpc) is 2.32. The SMILES string of the molecule is COCc1ccc2c(=O)c(OS(C)(=O)=O)c[nH]c2c1. The fraction of sp³-hybridized carbons (Fsp3) is 0.250. The number of aromatic nitrogens is 1. The van der Waals surface area contributed by atoms with Crippen LogP contribution in [0.1, 0.15) is 5.56 Å². The van der Waals surface area contributed by atoms with Crippen LogP contribution in [0.2, 0.25) is 0 Å². The summed E-state index contributed by atoms with van der Waals surface area (Å²) in [4.78, 5) is 14.9. The van der Waals surface area contributed by atoms with Crippen LogP contribution in [0.5, 0.6) is 5.75 Å². The highest BCUT2D eigenvalue weighted by Gasteiger charge is 2.11. The van der Waals surface area contributed by atoms with Crippen LogP contribution in [0.4, 0.5) is 0 Å². The number of rotatable bonds is 4. The smallest absolute Gasteiger partial charge is 0.306 e. The maximum Gasteiger partial charge on any atom is 0.306 e. The molecule has 102 valence electrons. The first-order chi connectivity index (χ1) is 8.90. The molecule has 0 aliphatic heterocycles. The van der Waals surface area contributed by atoms with Crippen LogP contribution in [-0.2, 0) is 21.5 Å². The topological polar surface area (TPSA) is 85.5 Å². The molecule has 0 aliphatic rings. The van der Waals surface area contributed by atoms with Gasteiger partial charge in [-0.1, -0.05) is 6.07 Å². The van der Waals surface area contributed by atoms with E-state index in [-0.39, 0.29) is 5.75 Å². The number of hydrogen-bond donors (Lipinski definition) is 1. The van der Waals surface area contributed by atoms with E-state index in [0.717, 1.165) is 11.8 Å². The van der Waals surface area contributed by atoms with Gasteiger partial charge in [-0.15, -0.1) is 0 Å². The summed E-state index contributed by atoms with van der Waals surface area (Å²) in [7, 11) is -2.15. The molecule has 1 aromatic heterocycles. The van der Waals surface area contributed by atoms with Crippen molar-refractivity contribution in [2.75, 3.05) is 13.4 Å². The number of fused-ring (bicyclic) bond motifs is 1. The molecule has 0 aliphatic carbocycles. The number of H-pyrrole nitrogens is 1. The molecule has 0 bridgehead atoms. The minimum absolute atomic E-state index is 0.241. The Morgan fingerprint density at radius 2 is 2.05 bits per heavy atom. The fourth-order valence-electron chi connectivity index (χ4n) is 1.73. The fourth-order valence-corrected chi connectivity index (χ4v) is 2.18. The Morgan fingerprint density at radius 1 is 1.32 bits per heavy atom. The van der Waals surface area contributed by atoms with Gasteiger partial charge >= 0.3 is 10.1 Å². The standard InChI is InChI=1S/C12H13NO5S/c1-17-7-8-3-4-9-10(5-8)13-6-11(12(9)14)18-19(2,15)16/h3-6H,7H2,1-2H3,(H,13,14). The van der Waals surface area contributed by atoms with E-state index in [1.54, 1.807) is 25.3 Å². The zero-order valence-corrected chi connectivity index (χ0v) is 11.3. The van der Waals surface area contributed by atoms with E-state index in [1.165, 1.54) is 6.20 Å². The van der Waals surface area contributed by atoms with Gasteiger partial charge < -0.3 is 13.9 Å². The maximum absolute atomic E-state index is 12.0. The third kappa shape index (κ3) is 3.12. The van der Waals surface area contributed by atoms with E-state index in [0.29, 0.717) is 17.5 Å². The number of benzene rings is 1. The number of hydrogen-bond acceptors (Lipinski definition) is 5. The molecule has 1 N–H and O–H groups in total. The molecule has 7 heteroatoms. The maximum atomic E-state index is 12.0. The van der Waals surface area contributed by atoms with Crippen LogP contribution in [0.3, 0.4) is 0 Å². The Bertz CT molecular complexity index is 763. The zero-order chi connectivity index (χ0) is 14.0. The highest BCUT2D eigenvalue weighted by molar-refractivity contribution is 7.86. The van der Waals surface area contributed by atoms with E-state index in [2.05, 4.69) is 9.17 Å². The van der Waals surface area contributed by atoms with Crippen LogP contribution in [0.15, 0.2) is 29.2 Å². The lowest BCUT2D eigenvalue weighted by Crippen LogP contribution is -2.14. The van der Waals surface area contributed by atoms with Crippen LogP contribution < -0.4 is 9.61 Å². The molecule has 1 aromatic carbocycles. The molecule has 0 saturated carbocycles. The third-order valence-electron chi connectivity index (χ3n) is 2.46. The second-order valence-electron chi connectivity index (χ2n) is 4.08. The molecular formula is C12H13NO5S. The van der Waals surface area contributed by atoms with Gasteiger partial charge in [0.2, 0.25) is 11.2 Å². The lowest BCUT2D eigenvalue weighted by molar-refractivity contribution is 0.185. The Hall–Kier alpha value is -1.86. The number of pyridine rings is 1. The van der Waals surface area contributed by atoms with Gasteiger partial charge in [0.25, 0.3) is 0 Å². The largest absolute Gasteiger partial charge is 0.380 e. The second kappa shape index (κ2) is 5.02. The Balaban J connectivity index is 2.54. The van der Waals surface area contributed by atoms with E-state index in [4.69, 9.17) is 4.74 Å². The van der Waals surface area contributed by atoms with Gasteiger partial charge in [-0.25, -0.2) is 0 Å². The van der Waals surface area contributed by atoms with E-state index in [1.807, 2.05) is 0 Å². The van der Waals surface area contributed by atoms with Crippen molar-refractivity contribution >= 4 is 21.0 Å². The van der Waals surface area contributed by atoms with Crippen LogP contribution in [0.25, 0.3) is 10.9 Å². The average molecular weight is 283 g/mol. The van der Waals surface area contributed by atoms with Crippen molar-refractivity contribution in [1.29, 1.82) is 0 Å². The lowest BCUT2D eigenvalue weighted by Gasteiger charge is -2.05. The molecule has 0 amide bonds. The molecular weight excluding hydrogens is 270 g/mol. The van der Waals surface area contributed by atoms with Crippen molar-refractivity contribution in [2.24, 2.45) is 0 Å². The molecule has 0 radical (unpaired) electrons. The molecule has 2 aromatic rings. The van der Waals surface area contributed by atoms with Crippen LogP contribution in [0, 0.1) is 0 Å². The Kier molecular flexibility index (Phi) is 3.59. The molecule has 2 rings (SSSR count). The molecule has 0 spiro atoms. The number of nitrogens with one attached hydrogen (secondary N) is 1. The van der Waals surface area contributed by atoms with Crippen LogP contribution >= 0.6 is 0 Å². The number of ether oxygens (including phenoxy) is 1. The number of methoxy groups -OCH3 is 1. The summed E-state index contributed by atoms with van der Waals surface area (Å²) in [5.41, 5.74) is 1.03. The van der Waals surface area contributed by atoms with Crippen molar-refractivity contribution < 1.29 is 17.3 Å².